The maximum atomic E-state index is 14.7. The molecule has 0 radical (unpaired) electrons. The molecule has 0 spiro atoms. The molecule has 1 aliphatic carbocycles. The van der Waals surface area contributed by atoms with Crippen LogP contribution >= 0.6 is 0 Å². The Balaban J connectivity index is 1.48. The normalized spacial score (nSPS) is 23.9. The lowest BCUT2D eigenvalue weighted by Gasteiger charge is -2.40. The Morgan fingerprint density at radius 3 is 2.53 bits per heavy atom. The van der Waals surface area contributed by atoms with E-state index in [-0.39, 0.29) is 23.6 Å². The standard InChI is InChI=1S/C32H44N6O4S/c1-43(40,41)36-30(38-19-21-42-22-20-38)29(28(27-13-8-16-34-27)26-11-6-3-7-12-26)31(39)35-32(23-33)15-18-37(24-32)17-14-25-9-4-2-5-10-25/h2,4-5,8-10,13,16,26,28-29,34H,3,6-7,11-12,14-15,17-22,24H2,1H3,(H,35,39). The number of benzene rings is 1. The lowest BCUT2D eigenvalue weighted by molar-refractivity contribution is -0.125. The fourth-order valence-electron chi connectivity index (χ4n) is 7.01. The van der Waals surface area contributed by atoms with Crippen molar-refractivity contribution in [1.29, 1.82) is 5.26 Å². The Kier molecular flexibility index (Phi) is 10.2. The molecule has 2 aromatic rings. The fourth-order valence-corrected chi connectivity index (χ4v) is 7.58. The number of H-pyrrole nitrogens is 1. The number of hydrogen-bond donors (Lipinski definition) is 2. The van der Waals surface area contributed by atoms with Crippen LogP contribution in [0.2, 0.25) is 0 Å². The first-order chi connectivity index (χ1) is 20.8. The number of aromatic amines is 1. The maximum Gasteiger partial charge on any atom is 0.251 e. The Hall–Kier alpha value is -3.20. The summed E-state index contributed by atoms with van der Waals surface area (Å²) in [4.78, 5) is 22.1. The van der Waals surface area contributed by atoms with Gasteiger partial charge in [0.05, 0.1) is 25.5 Å². The number of carbonyl (C=O) groups is 1. The summed E-state index contributed by atoms with van der Waals surface area (Å²) in [7, 11) is -3.83. The molecule has 3 aliphatic rings. The number of hydrogen-bond acceptors (Lipinski definition) is 6. The van der Waals surface area contributed by atoms with Crippen LogP contribution in [0.3, 0.4) is 0 Å². The minimum absolute atomic E-state index is 0.165. The highest BCUT2D eigenvalue weighted by Gasteiger charge is 2.47. The van der Waals surface area contributed by atoms with Gasteiger partial charge >= 0.3 is 0 Å². The first kappa shape index (κ1) is 31.2. The molecule has 2 saturated heterocycles. The molecule has 1 saturated carbocycles. The number of likely N-dealkylation sites (tertiary alicyclic amines) is 1. The summed E-state index contributed by atoms with van der Waals surface area (Å²) in [5, 5.41) is 13.6. The predicted molar refractivity (Wildman–Crippen MR) is 166 cm³/mol. The molecule has 10 nitrogen and oxygen atoms in total. The predicted octanol–water partition coefficient (Wildman–Crippen LogP) is 3.31. The average Bonchev–Trinajstić information content (AvgIpc) is 3.70. The molecule has 1 amide bonds. The number of amidine groups is 1. The molecule has 0 bridgehead atoms. The van der Waals surface area contributed by atoms with E-state index in [0.717, 1.165) is 57.0 Å². The second-order valence-corrected chi connectivity index (χ2v) is 13.9. The zero-order valence-electron chi connectivity index (χ0n) is 25.1. The van der Waals surface area contributed by atoms with Crippen molar-refractivity contribution in [2.45, 2.75) is 56.4 Å². The van der Waals surface area contributed by atoms with Crippen molar-refractivity contribution in [3.8, 4) is 6.07 Å². The highest BCUT2D eigenvalue weighted by Crippen LogP contribution is 2.42. The molecule has 3 fully saturated rings. The van der Waals surface area contributed by atoms with Crippen LogP contribution in [0.4, 0.5) is 0 Å². The van der Waals surface area contributed by atoms with Gasteiger partial charge in [-0.1, -0.05) is 49.6 Å². The van der Waals surface area contributed by atoms with Crippen molar-refractivity contribution in [3.05, 3.63) is 59.9 Å². The number of nitriles is 1. The lowest BCUT2D eigenvalue weighted by atomic mass is 9.71. The summed E-state index contributed by atoms with van der Waals surface area (Å²) in [6, 6.07) is 16.6. The Bertz CT molecular complexity index is 1380. The first-order valence-corrected chi connectivity index (χ1v) is 17.4. The smallest absolute Gasteiger partial charge is 0.251 e. The van der Waals surface area contributed by atoms with E-state index < -0.39 is 21.5 Å². The van der Waals surface area contributed by atoms with Gasteiger partial charge in [0.25, 0.3) is 10.0 Å². The topological polar surface area (TPSA) is 131 Å². The molecule has 3 atom stereocenters. The molecule has 1 aromatic heterocycles. The Morgan fingerprint density at radius 2 is 1.88 bits per heavy atom. The van der Waals surface area contributed by atoms with Gasteiger partial charge < -0.3 is 19.9 Å². The van der Waals surface area contributed by atoms with Crippen LogP contribution in [-0.4, -0.2) is 92.7 Å². The number of sulfonamides is 1. The van der Waals surface area contributed by atoms with E-state index in [2.05, 4.69) is 37.8 Å². The molecule has 1 aromatic carbocycles. The lowest BCUT2D eigenvalue weighted by Crippen LogP contribution is -2.56. The number of aromatic nitrogens is 1. The van der Waals surface area contributed by atoms with E-state index >= 15 is 0 Å². The van der Waals surface area contributed by atoms with Crippen LogP contribution in [-0.2, 0) is 26.0 Å². The molecule has 2 aliphatic heterocycles. The third-order valence-electron chi connectivity index (χ3n) is 9.14. The van der Waals surface area contributed by atoms with Gasteiger partial charge in [0.1, 0.15) is 17.3 Å². The van der Waals surface area contributed by atoms with E-state index in [4.69, 9.17) is 4.74 Å². The van der Waals surface area contributed by atoms with Crippen LogP contribution in [0, 0.1) is 23.2 Å². The molecule has 3 unspecified atom stereocenters. The highest BCUT2D eigenvalue weighted by molar-refractivity contribution is 7.89. The number of morpholine rings is 1. The summed E-state index contributed by atoms with van der Waals surface area (Å²) in [5.74, 6) is -1.13. The van der Waals surface area contributed by atoms with Crippen LogP contribution in [0.5, 0.6) is 0 Å². The van der Waals surface area contributed by atoms with Gasteiger partial charge in [0, 0.05) is 50.5 Å². The zero-order chi connectivity index (χ0) is 30.3. The van der Waals surface area contributed by atoms with Gasteiger partial charge in [-0.05, 0) is 49.3 Å². The average molecular weight is 609 g/mol. The van der Waals surface area contributed by atoms with Crippen LogP contribution in [0.25, 0.3) is 0 Å². The van der Waals surface area contributed by atoms with Gasteiger partial charge in [0.15, 0.2) is 0 Å². The van der Waals surface area contributed by atoms with E-state index in [1.165, 1.54) is 5.56 Å². The number of nitrogens with one attached hydrogen (secondary N) is 2. The third-order valence-corrected chi connectivity index (χ3v) is 9.66. The van der Waals surface area contributed by atoms with Gasteiger partial charge in [0.2, 0.25) is 5.91 Å². The second kappa shape index (κ2) is 14.1. The number of ether oxygens (including phenoxy) is 1. The molecule has 232 valence electrons. The van der Waals surface area contributed by atoms with E-state index in [1.54, 1.807) is 0 Å². The summed E-state index contributed by atoms with van der Waals surface area (Å²) < 4.78 is 35.3. The summed E-state index contributed by atoms with van der Waals surface area (Å²) in [6.45, 7) is 3.63. The number of nitrogens with zero attached hydrogens (tertiary/aromatic N) is 4. The van der Waals surface area contributed by atoms with Gasteiger partial charge in [-0.3, -0.25) is 9.69 Å². The van der Waals surface area contributed by atoms with Crippen molar-refractivity contribution >= 4 is 21.8 Å². The quantitative estimate of drug-likeness (QED) is 0.313. The minimum Gasteiger partial charge on any atom is -0.378 e. The van der Waals surface area contributed by atoms with E-state index in [1.807, 2.05) is 41.4 Å². The van der Waals surface area contributed by atoms with E-state index in [0.29, 0.717) is 45.8 Å². The van der Waals surface area contributed by atoms with Crippen LogP contribution in [0.1, 0.15) is 55.7 Å². The SMILES string of the molecule is CS(=O)(=O)N=C(C(C(=O)NC1(C#N)CCN(CCc2ccccc2)C1)C(c1ccc[nH]1)C1CCCCC1)N1CCOCC1. The molecular weight excluding hydrogens is 564 g/mol. The fraction of sp³-hybridized carbons (Fsp3) is 0.594. The number of carbonyl (C=O) groups excluding carboxylic acids is 1. The molecule has 11 heteroatoms. The summed E-state index contributed by atoms with van der Waals surface area (Å²) in [6.07, 6.45) is 9.44. The maximum absolute atomic E-state index is 14.7. The van der Waals surface area contributed by atoms with Crippen molar-refractivity contribution in [2.75, 3.05) is 52.2 Å². The molecule has 2 N–H and O–H groups in total. The first-order valence-electron chi connectivity index (χ1n) is 15.5. The van der Waals surface area contributed by atoms with Crippen molar-refractivity contribution in [1.82, 2.24) is 20.1 Å². The molecular formula is C32H44N6O4S. The number of rotatable bonds is 10. The van der Waals surface area contributed by atoms with Crippen molar-refractivity contribution in [2.24, 2.45) is 16.2 Å². The van der Waals surface area contributed by atoms with Gasteiger partial charge in [-0.15, -0.1) is 4.40 Å². The third kappa shape index (κ3) is 8.05. The van der Waals surface area contributed by atoms with Crippen LogP contribution < -0.4 is 5.32 Å². The second-order valence-electron chi connectivity index (χ2n) is 12.3. The van der Waals surface area contributed by atoms with E-state index in [9.17, 15) is 18.5 Å². The van der Waals surface area contributed by atoms with Crippen molar-refractivity contribution < 1.29 is 17.9 Å². The minimum atomic E-state index is -3.83. The summed E-state index contributed by atoms with van der Waals surface area (Å²) >= 11 is 0. The number of amides is 1. The van der Waals surface area contributed by atoms with Crippen molar-refractivity contribution in [3.63, 3.8) is 0 Å². The highest BCUT2D eigenvalue weighted by atomic mass is 32.2. The summed E-state index contributed by atoms with van der Waals surface area (Å²) in [5.41, 5.74) is 1.05. The monoisotopic (exact) mass is 608 g/mol. The molecule has 43 heavy (non-hydrogen) atoms. The Morgan fingerprint density at radius 1 is 1.14 bits per heavy atom. The van der Waals surface area contributed by atoms with Crippen LogP contribution in [0.15, 0.2) is 53.1 Å². The molecule has 5 rings (SSSR count). The molecule has 3 heterocycles. The van der Waals surface area contributed by atoms with Gasteiger partial charge in [-0.25, -0.2) is 8.42 Å². The van der Waals surface area contributed by atoms with Gasteiger partial charge in [-0.2, -0.15) is 5.26 Å². The largest absolute Gasteiger partial charge is 0.378 e. The Labute approximate surface area is 255 Å². The zero-order valence-corrected chi connectivity index (χ0v) is 25.9.